The van der Waals surface area contributed by atoms with Gasteiger partial charge in [0.2, 0.25) is 0 Å². The van der Waals surface area contributed by atoms with Crippen LogP contribution in [0.25, 0.3) is 0 Å². The van der Waals surface area contributed by atoms with Gasteiger partial charge in [0.25, 0.3) is 5.91 Å². The molecule has 6 heteroatoms. The molecule has 1 aromatic carbocycles. The second-order valence-electron chi connectivity index (χ2n) is 4.68. The molecule has 110 valence electrons. The molecule has 2 rings (SSSR count). The molecule has 0 atom stereocenters. The molecule has 0 aliphatic rings. The van der Waals surface area contributed by atoms with Crippen molar-refractivity contribution in [3.63, 3.8) is 0 Å². The number of rotatable bonds is 5. The summed E-state index contributed by atoms with van der Waals surface area (Å²) in [6.45, 7) is 3.92. The minimum atomic E-state index is -0.303. The van der Waals surface area contributed by atoms with Crippen LogP contribution in [0.2, 0.25) is 0 Å². The van der Waals surface area contributed by atoms with Crippen LogP contribution in [-0.2, 0) is 0 Å². The van der Waals surface area contributed by atoms with Gasteiger partial charge in [0.05, 0.1) is 18.5 Å². The SMILES string of the molecule is CNc1cnc(C(=O)Nc2ccc(OC(C)C)cc2)cn1. The zero-order valence-electron chi connectivity index (χ0n) is 12.3. The van der Waals surface area contributed by atoms with E-state index in [1.807, 2.05) is 26.0 Å². The number of amides is 1. The molecule has 2 N–H and O–H groups in total. The summed E-state index contributed by atoms with van der Waals surface area (Å²) < 4.78 is 5.54. The van der Waals surface area contributed by atoms with E-state index in [1.165, 1.54) is 12.4 Å². The summed E-state index contributed by atoms with van der Waals surface area (Å²) in [4.78, 5) is 20.1. The average Bonchev–Trinajstić information content (AvgIpc) is 2.49. The highest BCUT2D eigenvalue weighted by molar-refractivity contribution is 6.02. The van der Waals surface area contributed by atoms with Gasteiger partial charge in [0.15, 0.2) is 0 Å². The van der Waals surface area contributed by atoms with Gasteiger partial charge >= 0.3 is 0 Å². The summed E-state index contributed by atoms with van der Waals surface area (Å²) in [5, 5.41) is 5.60. The molecule has 0 fully saturated rings. The van der Waals surface area contributed by atoms with Crippen LogP contribution in [0.5, 0.6) is 5.75 Å². The number of hydrogen-bond donors (Lipinski definition) is 2. The third-order valence-electron chi connectivity index (χ3n) is 2.62. The van der Waals surface area contributed by atoms with Gasteiger partial charge in [-0.15, -0.1) is 0 Å². The van der Waals surface area contributed by atoms with Gasteiger partial charge < -0.3 is 15.4 Å². The van der Waals surface area contributed by atoms with E-state index in [1.54, 1.807) is 19.2 Å². The lowest BCUT2D eigenvalue weighted by molar-refractivity contribution is 0.102. The fourth-order valence-electron chi connectivity index (χ4n) is 1.66. The lowest BCUT2D eigenvalue weighted by Crippen LogP contribution is -2.14. The molecule has 1 heterocycles. The summed E-state index contributed by atoms with van der Waals surface area (Å²) >= 11 is 0. The first kappa shape index (κ1) is 14.8. The van der Waals surface area contributed by atoms with Gasteiger partial charge in [-0.2, -0.15) is 0 Å². The second kappa shape index (κ2) is 6.69. The highest BCUT2D eigenvalue weighted by Gasteiger charge is 2.08. The van der Waals surface area contributed by atoms with E-state index in [4.69, 9.17) is 4.74 Å². The van der Waals surface area contributed by atoms with Crippen molar-refractivity contribution >= 4 is 17.4 Å². The van der Waals surface area contributed by atoms with Crippen LogP contribution in [0.1, 0.15) is 24.3 Å². The lowest BCUT2D eigenvalue weighted by atomic mass is 10.3. The Morgan fingerprint density at radius 3 is 2.38 bits per heavy atom. The molecule has 0 radical (unpaired) electrons. The molecule has 1 amide bonds. The largest absolute Gasteiger partial charge is 0.491 e. The molecule has 0 saturated carbocycles. The average molecular weight is 286 g/mol. The Morgan fingerprint density at radius 1 is 1.14 bits per heavy atom. The first-order valence-electron chi connectivity index (χ1n) is 6.66. The number of anilines is 2. The van der Waals surface area contributed by atoms with E-state index >= 15 is 0 Å². The topological polar surface area (TPSA) is 76.1 Å². The third kappa shape index (κ3) is 4.17. The van der Waals surface area contributed by atoms with Gasteiger partial charge in [-0.05, 0) is 38.1 Å². The summed E-state index contributed by atoms with van der Waals surface area (Å²) in [7, 11) is 1.74. The first-order valence-corrected chi connectivity index (χ1v) is 6.66. The third-order valence-corrected chi connectivity index (χ3v) is 2.62. The molecular weight excluding hydrogens is 268 g/mol. The highest BCUT2D eigenvalue weighted by atomic mass is 16.5. The van der Waals surface area contributed by atoms with E-state index in [2.05, 4.69) is 20.6 Å². The van der Waals surface area contributed by atoms with Crippen molar-refractivity contribution in [1.82, 2.24) is 9.97 Å². The van der Waals surface area contributed by atoms with Gasteiger partial charge in [0, 0.05) is 12.7 Å². The van der Waals surface area contributed by atoms with Crippen LogP contribution in [-0.4, -0.2) is 29.0 Å². The zero-order chi connectivity index (χ0) is 15.2. The van der Waals surface area contributed by atoms with Crippen molar-refractivity contribution < 1.29 is 9.53 Å². The number of nitrogens with one attached hydrogen (secondary N) is 2. The summed E-state index contributed by atoms with van der Waals surface area (Å²) in [6, 6.07) is 7.19. The quantitative estimate of drug-likeness (QED) is 0.883. The minimum Gasteiger partial charge on any atom is -0.491 e. The number of carbonyl (C=O) groups excluding carboxylic acids is 1. The Hall–Kier alpha value is -2.63. The molecular formula is C15H18N4O2. The lowest BCUT2D eigenvalue weighted by Gasteiger charge is -2.10. The van der Waals surface area contributed by atoms with Crippen molar-refractivity contribution in [3.8, 4) is 5.75 Å². The molecule has 6 nitrogen and oxygen atoms in total. The van der Waals surface area contributed by atoms with Crippen LogP contribution >= 0.6 is 0 Å². The molecule has 0 bridgehead atoms. The number of nitrogens with zero attached hydrogens (tertiary/aromatic N) is 2. The predicted octanol–water partition coefficient (Wildman–Crippen LogP) is 2.56. The fraction of sp³-hybridized carbons (Fsp3) is 0.267. The Labute approximate surface area is 123 Å². The Morgan fingerprint density at radius 2 is 1.86 bits per heavy atom. The van der Waals surface area contributed by atoms with Gasteiger partial charge in [-0.3, -0.25) is 4.79 Å². The van der Waals surface area contributed by atoms with Gasteiger partial charge in [-0.25, -0.2) is 9.97 Å². The maximum atomic E-state index is 12.0. The molecule has 21 heavy (non-hydrogen) atoms. The van der Waals surface area contributed by atoms with E-state index in [-0.39, 0.29) is 17.7 Å². The number of carbonyl (C=O) groups is 1. The standard InChI is InChI=1S/C15H18N4O2/c1-10(2)21-12-6-4-11(5-7-12)19-15(20)13-8-18-14(16-3)9-17-13/h4-10H,1-3H3,(H,16,18)(H,19,20). The maximum absolute atomic E-state index is 12.0. The van der Waals surface area contributed by atoms with Crippen molar-refractivity contribution in [2.24, 2.45) is 0 Å². The Balaban J connectivity index is 2.01. The number of aromatic nitrogens is 2. The Kier molecular flexibility index (Phi) is 4.71. The number of ether oxygens (including phenoxy) is 1. The fourth-order valence-corrected chi connectivity index (χ4v) is 1.66. The van der Waals surface area contributed by atoms with Crippen molar-refractivity contribution in [2.45, 2.75) is 20.0 Å². The summed E-state index contributed by atoms with van der Waals surface area (Å²) in [6.07, 6.45) is 3.05. The summed E-state index contributed by atoms with van der Waals surface area (Å²) in [5.74, 6) is 1.07. The molecule has 0 aliphatic carbocycles. The highest BCUT2D eigenvalue weighted by Crippen LogP contribution is 2.17. The number of hydrogen-bond acceptors (Lipinski definition) is 5. The van der Waals surface area contributed by atoms with Crippen LogP contribution < -0.4 is 15.4 Å². The molecule has 1 aromatic heterocycles. The number of benzene rings is 1. The van der Waals surface area contributed by atoms with E-state index < -0.39 is 0 Å². The molecule has 0 unspecified atom stereocenters. The van der Waals surface area contributed by atoms with Gasteiger partial charge in [0.1, 0.15) is 17.3 Å². The normalized spacial score (nSPS) is 10.3. The zero-order valence-corrected chi connectivity index (χ0v) is 12.3. The molecule has 0 spiro atoms. The molecule has 2 aromatic rings. The smallest absolute Gasteiger partial charge is 0.275 e. The first-order chi connectivity index (χ1) is 10.1. The minimum absolute atomic E-state index is 0.117. The second-order valence-corrected chi connectivity index (χ2v) is 4.68. The van der Waals surface area contributed by atoms with Crippen molar-refractivity contribution in [1.29, 1.82) is 0 Å². The van der Waals surface area contributed by atoms with Crippen LogP contribution in [0.15, 0.2) is 36.7 Å². The molecule has 0 saturated heterocycles. The van der Waals surface area contributed by atoms with E-state index in [0.29, 0.717) is 11.5 Å². The predicted molar refractivity (Wildman–Crippen MR) is 81.7 cm³/mol. The van der Waals surface area contributed by atoms with Crippen molar-refractivity contribution in [2.75, 3.05) is 17.7 Å². The van der Waals surface area contributed by atoms with Gasteiger partial charge in [-0.1, -0.05) is 0 Å². The Bertz CT molecular complexity index is 594. The van der Waals surface area contributed by atoms with Crippen LogP contribution in [0.3, 0.4) is 0 Å². The monoisotopic (exact) mass is 286 g/mol. The maximum Gasteiger partial charge on any atom is 0.275 e. The van der Waals surface area contributed by atoms with Crippen LogP contribution in [0, 0.1) is 0 Å². The van der Waals surface area contributed by atoms with Crippen LogP contribution in [0.4, 0.5) is 11.5 Å². The molecule has 0 aliphatic heterocycles. The van der Waals surface area contributed by atoms with Crippen molar-refractivity contribution in [3.05, 3.63) is 42.4 Å². The van der Waals surface area contributed by atoms with E-state index in [0.717, 1.165) is 5.75 Å². The van der Waals surface area contributed by atoms with E-state index in [9.17, 15) is 4.79 Å². The summed E-state index contributed by atoms with van der Waals surface area (Å²) in [5.41, 5.74) is 0.937.